The largest absolute Gasteiger partial charge is 0.305 e. The lowest BCUT2D eigenvalue weighted by atomic mass is 10.2. The minimum atomic E-state index is -0.496. The molecule has 3 aromatic rings. The topological polar surface area (TPSA) is 29.2 Å². The van der Waals surface area contributed by atoms with Gasteiger partial charge < -0.3 is 4.90 Å². The molecule has 0 saturated carbocycles. The van der Waals surface area contributed by atoms with Crippen LogP contribution in [0.25, 0.3) is 17.1 Å². The first-order valence-corrected chi connectivity index (χ1v) is 11.4. The maximum Gasteiger partial charge on any atom is 0.204 e. The van der Waals surface area contributed by atoms with Crippen LogP contribution >= 0.6 is 47.0 Å². The smallest absolute Gasteiger partial charge is 0.204 e. The summed E-state index contributed by atoms with van der Waals surface area (Å²) in [7, 11) is 2.13. The van der Waals surface area contributed by atoms with E-state index >= 15 is 0 Å². The van der Waals surface area contributed by atoms with Gasteiger partial charge in [-0.1, -0.05) is 34.8 Å². The molecule has 0 atom stereocenters. The Morgan fingerprint density at radius 3 is 2.55 bits per heavy atom. The molecule has 1 saturated heterocycles. The SMILES string of the molecule is CN1CCCN(Cn2nc(-c3ccc(Cl)cc3Cl)n(-c3ccc(F)c(Cl)c3)c2=S)CC1. The van der Waals surface area contributed by atoms with Crippen LogP contribution in [0.5, 0.6) is 0 Å². The third kappa shape index (κ3) is 4.97. The number of hydrogen-bond donors (Lipinski definition) is 0. The number of rotatable bonds is 4. The lowest BCUT2D eigenvalue weighted by Crippen LogP contribution is -2.31. The van der Waals surface area contributed by atoms with Crippen molar-refractivity contribution in [3.05, 3.63) is 62.1 Å². The summed E-state index contributed by atoms with van der Waals surface area (Å²) in [6.07, 6.45) is 1.08. The summed E-state index contributed by atoms with van der Waals surface area (Å²) in [5.41, 5.74) is 1.28. The van der Waals surface area contributed by atoms with E-state index in [4.69, 9.17) is 52.1 Å². The van der Waals surface area contributed by atoms with E-state index in [9.17, 15) is 4.39 Å². The fraction of sp³-hybridized carbons (Fsp3) is 0.333. The van der Waals surface area contributed by atoms with Gasteiger partial charge in [-0.25, -0.2) is 9.07 Å². The molecule has 0 amide bonds. The molecule has 0 unspecified atom stereocenters. The summed E-state index contributed by atoms with van der Waals surface area (Å²) in [4.78, 5) is 4.64. The summed E-state index contributed by atoms with van der Waals surface area (Å²) >= 11 is 24.4. The molecule has 0 N–H and O–H groups in total. The van der Waals surface area contributed by atoms with E-state index in [0.717, 1.165) is 32.6 Å². The molecule has 1 aromatic heterocycles. The Kier molecular flexibility index (Phi) is 7.01. The molecule has 4 rings (SSSR count). The summed E-state index contributed by atoms with van der Waals surface area (Å²) < 4.78 is 17.8. The molecule has 0 bridgehead atoms. The Morgan fingerprint density at radius 2 is 1.81 bits per heavy atom. The molecule has 0 aliphatic carbocycles. The van der Waals surface area contributed by atoms with Crippen LogP contribution in [0, 0.1) is 10.6 Å². The predicted molar refractivity (Wildman–Crippen MR) is 126 cm³/mol. The number of halogens is 4. The van der Waals surface area contributed by atoms with Gasteiger partial charge in [0.2, 0.25) is 4.77 Å². The van der Waals surface area contributed by atoms with Crippen molar-refractivity contribution in [2.24, 2.45) is 0 Å². The Morgan fingerprint density at radius 1 is 1.00 bits per heavy atom. The van der Waals surface area contributed by atoms with Crippen molar-refractivity contribution in [3.8, 4) is 17.1 Å². The van der Waals surface area contributed by atoms with Crippen LogP contribution in [0.2, 0.25) is 15.1 Å². The van der Waals surface area contributed by atoms with Crippen LogP contribution in [-0.2, 0) is 6.67 Å². The molecule has 5 nitrogen and oxygen atoms in total. The summed E-state index contributed by atoms with van der Waals surface area (Å²) in [5.74, 6) is 0.0466. The summed E-state index contributed by atoms with van der Waals surface area (Å²) in [6.45, 7) is 4.48. The highest BCUT2D eigenvalue weighted by molar-refractivity contribution is 7.71. The zero-order valence-corrected chi connectivity index (χ0v) is 19.9. The highest BCUT2D eigenvalue weighted by atomic mass is 35.5. The van der Waals surface area contributed by atoms with E-state index < -0.39 is 5.82 Å². The molecule has 1 aliphatic heterocycles. The van der Waals surface area contributed by atoms with Gasteiger partial charge in [0.05, 0.1) is 22.4 Å². The van der Waals surface area contributed by atoms with Crippen molar-refractivity contribution in [3.63, 3.8) is 0 Å². The van der Waals surface area contributed by atoms with Crippen LogP contribution < -0.4 is 0 Å². The highest BCUT2D eigenvalue weighted by Crippen LogP contribution is 2.32. The molecule has 0 radical (unpaired) electrons. The van der Waals surface area contributed by atoms with Crippen LogP contribution in [0.4, 0.5) is 4.39 Å². The molecule has 1 aliphatic rings. The first-order valence-electron chi connectivity index (χ1n) is 9.85. The molecule has 31 heavy (non-hydrogen) atoms. The van der Waals surface area contributed by atoms with Gasteiger partial charge in [0, 0.05) is 30.2 Å². The van der Waals surface area contributed by atoms with Gasteiger partial charge in [-0.3, -0.25) is 9.47 Å². The van der Waals surface area contributed by atoms with Gasteiger partial charge in [0.1, 0.15) is 5.82 Å². The molecule has 1 fully saturated rings. The third-order valence-corrected chi connectivity index (χ3v) is 6.55. The first kappa shape index (κ1) is 22.7. The number of aromatic nitrogens is 3. The number of likely N-dealkylation sites (N-methyl/N-ethyl adjacent to an activating group) is 1. The van der Waals surface area contributed by atoms with Crippen molar-refractivity contribution in [2.75, 3.05) is 33.2 Å². The monoisotopic (exact) mass is 499 g/mol. The van der Waals surface area contributed by atoms with Crippen LogP contribution in [0.3, 0.4) is 0 Å². The van der Waals surface area contributed by atoms with E-state index in [-0.39, 0.29) is 5.02 Å². The van der Waals surface area contributed by atoms with Crippen LogP contribution in [0.1, 0.15) is 6.42 Å². The lowest BCUT2D eigenvalue weighted by molar-refractivity contribution is 0.211. The molecule has 2 heterocycles. The lowest BCUT2D eigenvalue weighted by Gasteiger charge is -2.19. The fourth-order valence-corrected chi connectivity index (χ4v) is 4.59. The molecule has 0 spiro atoms. The van der Waals surface area contributed by atoms with Crippen molar-refractivity contribution in [2.45, 2.75) is 13.1 Å². The van der Waals surface area contributed by atoms with Gasteiger partial charge >= 0.3 is 0 Å². The molecular weight excluding hydrogens is 480 g/mol. The van der Waals surface area contributed by atoms with Crippen LogP contribution in [0.15, 0.2) is 36.4 Å². The van der Waals surface area contributed by atoms with Gasteiger partial charge in [-0.2, -0.15) is 0 Å². The Bertz CT molecular complexity index is 1160. The van der Waals surface area contributed by atoms with Crippen LogP contribution in [-0.4, -0.2) is 57.4 Å². The maximum absolute atomic E-state index is 13.8. The molecule has 164 valence electrons. The van der Waals surface area contributed by atoms with Gasteiger partial charge in [0.15, 0.2) is 5.82 Å². The zero-order chi connectivity index (χ0) is 22.1. The maximum atomic E-state index is 13.8. The Hall–Kier alpha value is -1.48. The van der Waals surface area contributed by atoms with Gasteiger partial charge in [0.25, 0.3) is 0 Å². The van der Waals surface area contributed by atoms with Crippen molar-refractivity contribution >= 4 is 47.0 Å². The normalized spacial score (nSPS) is 15.9. The third-order valence-electron chi connectivity index (χ3n) is 5.32. The van der Waals surface area contributed by atoms with Crippen molar-refractivity contribution in [1.82, 2.24) is 24.1 Å². The van der Waals surface area contributed by atoms with E-state index in [1.807, 2.05) is 0 Å². The van der Waals surface area contributed by atoms with Gasteiger partial charge in [-0.05, 0) is 68.6 Å². The average molecular weight is 501 g/mol. The highest BCUT2D eigenvalue weighted by Gasteiger charge is 2.20. The second kappa shape index (κ2) is 9.57. The second-order valence-electron chi connectivity index (χ2n) is 7.58. The fourth-order valence-electron chi connectivity index (χ4n) is 3.63. The quantitative estimate of drug-likeness (QED) is 0.426. The first-order chi connectivity index (χ1) is 14.8. The number of hydrogen-bond acceptors (Lipinski definition) is 4. The average Bonchev–Trinajstić information content (AvgIpc) is 2.89. The molecular formula is C21H21Cl3FN5S. The second-order valence-corrected chi connectivity index (χ2v) is 9.20. The number of benzene rings is 2. The van der Waals surface area contributed by atoms with E-state index in [0.29, 0.717) is 38.6 Å². The van der Waals surface area contributed by atoms with Crippen molar-refractivity contribution < 1.29 is 4.39 Å². The standard InChI is InChI=1S/C21H21Cl3FN5S/c1-27-7-2-8-28(10-9-27)13-29-21(31)30(15-4-6-19(25)18(24)12-15)20(26-29)16-5-3-14(22)11-17(16)23/h3-6,11-12H,2,7-10,13H2,1H3. The van der Waals surface area contributed by atoms with Gasteiger partial charge in [-0.15, -0.1) is 5.10 Å². The molecule has 10 heteroatoms. The predicted octanol–water partition coefficient (Wildman–Crippen LogP) is 5.76. The Labute approximate surface area is 200 Å². The minimum absolute atomic E-state index is 0.0101. The van der Waals surface area contributed by atoms with E-state index in [1.165, 1.54) is 12.1 Å². The zero-order valence-electron chi connectivity index (χ0n) is 16.9. The summed E-state index contributed by atoms with van der Waals surface area (Å²) in [6, 6.07) is 9.68. The van der Waals surface area contributed by atoms with Crippen molar-refractivity contribution in [1.29, 1.82) is 0 Å². The Balaban J connectivity index is 1.81. The van der Waals surface area contributed by atoms with E-state index in [1.54, 1.807) is 33.5 Å². The summed E-state index contributed by atoms with van der Waals surface area (Å²) in [5, 5.41) is 5.78. The minimum Gasteiger partial charge on any atom is -0.305 e. The number of nitrogens with zero attached hydrogens (tertiary/aromatic N) is 5. The van der Waals surface area contributed by atoms with E-state index in [2.05, 4.69) is 16.8 Å². The molecule has 2 aromatic carbocycles.